The van der Waals surface area contributed by atoms with E-state index in [1.165, 1.54) is 7.11 Å². The highest BCUT2D eigenvalue weighted by Gasteiger charge is 2.22. The van der Waals surface area contributed by atoms with Gasteiger partial charge in [0.05, 0.1) is 7.11 Å². The van der Waals surface area contributed by atoms with Crippen molar-refractivity contribution in [3.63, 3.8) is 0 Å². The van der Waals surface area contributed by atoms with Crippen LogP contribution in [0.5, 0.6) is 5.75 Å². The van der Waals surface area contributed by atoms with Crippen LogP contribution in [0.25, 0.3) is 0 Å². The summed E-state index contributed by atoms with van der Waals surface area (Å²) in [7, 11) is -2.05. The average Bonchev–Trinajstić information content (AvgIpc) is 2.46. The Morgan fingerprint density at radius 1 is 1.45 bits per heavy atom. The van der Waals surface area contributed by atoms with E-state index >= 15 is 0 Å². The molecule has 6 heteroatoms. The average molecular weight is 298 g/mol. The lowest BCUT2D eigenvalue weighted by Gasteiger charge is -2.23. The number of ether oxygens (including phenoxy) is 1. The van der Waals surface area contributed by atoms with Gasteiger partial charge >= 0.3 is 0 Å². The minimum absolute atomic E-state index is 0.212. The lowest BCUT2D eigenvalue weighted by atomic mass is 10.0. The molecule has 1 aromatic rings. The van der Waals surface area contributed by atoms with E-state index in [9.17, 15) is 8.42 Å². The van der Waals surface area contributed by atoms with Crippen LogP contribution in [0.3, 0.4) is 0 Å². The Morgan fingerprint density at radius 3 is 2.90 bits per heavy atom. The van der Waals surface area contributed by atoms with Gasteiger partial charge in [-0.15, -0.1) is 0 Å². The Morgan fingerprint density at radius 2 is 2.25 bits per heavy atom. The van der Waals surface area contributed by atoms with E-state index in [1.54, 1.807) is 12.1 Å². The summed E-state index contributed by atoms with van der Waals surface area (Å²) in [5.74, 6) is 0.735. The molecule has 1 aliphatic heterocycles. The minimum Gasteiger partial charge on any atom is -0.495 e. The molecule has 1 aliphatic rings. The maximum absolute atomic E-state index is 12.4. The summed E-state index contributed by atoms with van der Waals surface area (Å²) in [5.41, 5.74) is 0.894. The molecular weight excluding hydrogens is 276 g/mol. The van der Waals surface area contributed by atoms with Crippen LogP contribution in [0.4, 0.5) is 0 Å². The summed E-state index contributed by atoms with van der Waals surface area (Å²) >= 11 is 0. The molecule has 1 heterocycles. The van der Waals surface area contributed by atoms with Gasteiger partial charge in [-0.3, -0.25) is 0 Å². The van der Waals surface area contributed by atoms with E-state index in [2.05, 4.69) is 10.0 Å². The highest BCUT2D eigenvalue weighted by Crippen LogP contribution is 2.24. The van der Waals surface area contributed by atoms with Gasteiger partial charge in [-0.1, -0.05) is 6.07 Å². The molecule has 1 saturated heterocycles. The fourth-order valence-electron chi connectivity index (χ4n) is 2.40. The summed E-state index contributed by atoms with van der Waals surface area (Å²) < 4.78 is 32.6. The van der Waals surface area contributed by atoms with Gasteiger partial charge in [0.2, 0.25) is 10.0 Å². The van der Waals surface area contributed by atoms with Gasteiger partial charge in [-0.05, 0) is 56.5 Å². The third kappa shape index (κ3) is 3.71. The number of hydrogen-bond donors (Lipinski definition) is 2. The standard InChI is InChI=1S/C14H22N2O3S/c1-11-5-6-13(19-2)14(8-11)20(17,18)16-10-12-4-3-7-15-9-12/h5-6,8,12,15-16H,3-4,7,9-10H2,1-2H3/t12-/m1/s1. The molecule has 20 heavy (non-hydrogen) atoms. The van der Waals surface area contributed by atoms with Crippen molar-refractivity contribution in [2.24, 2.45) is 5.92 Å². The molecule has 1 aromatic carbocycles. The van der Waals surface area contributed by atoms with E-state index in [-0.39, 0.29) is 4.90 Å². The number of benzene rings is 1. The number of sulfonamides is 1. The summed E-state index contributed by atoms with van der Waals surface area (Å²) in [6.45, 7) is 4.22. The first-order valence-corrected chi connectivity index (χ1v) is 8.36. The number of rotatable bonds is 5. The van der Waals surface area contributed by atoms with E-state index in [0.29, 0.717) is 18.2 Å². The largest absolute Gasteiger partial charge is 0.495 e. The zero-order chi connectivity index (χ0) is 14.6. The SMILES string of the molecule is COc1ccc(C)cc1S(=O)(=O)NC[C@@H]1CCCNC1. The molecule has 5 nitrogen and oxygen atoms in total. The van der Waals surface area contributed by atoms with Crippen LogP contribution in [0.2, 0.25) is 0 Å². The maximum Gasteiger partial charge on any atom is 0.244 e. The molecule has 1 fully saturated rings. The summed E-state index contributed by atoms with van der Waals surface area (Å²) in [4.78, 5) is 0.212. The quantitative estimate of drug-likeness (QED) is 0.859. The molecule has 0 spiro atoms. The molecule has 112 valence electrons. The molecule has 1 atom stereocenters. The van der Waals surface area contributed by atoms with E-state index < -0.39 is 10.0 Å². The highest BCUT2D eigenvalue weighted by atomic mass is 32.2. The maximum atomic E-state index is 12.4. The van der Waals surface area contributed by atoms with Crippen molar-refractivity contribution in [3.8, 4) is 5.75 Å². The van der Waals surface area contributed by atoms with Crippen molar-refractivity contribution in [2.45, 2.75) is 24.7 Å². The van der Waals surface area contributed by atoms with Crippen LogP contribution in [-0.4, -0.2) is 35.2 Å². The van der Waals surface area contributed by atoms with Gasteiger partial charge in [0, 0.05) is 6.54 Å². The molecule has 0 bridgehead atoms. The van der Waals surface area contributed by atoms with Crippen molar-refractivity contribution in [1.82, 2.24) is 10.0 Å². The predicted molar refractivity (Wildman–Crippen MR) is 78.5 cm³/mol. The first-order chi connectivity index (χ1) is 9.53. The zero-order valence-electron chi connectivity index (χ0n) is 12.0. The number of aryl methyl sites for hydroxylation is 1. The van der Waals surface area contributed by atoms with Crippen LogP contribution in [0.15, 0.2) is 23.1 Å². The van der Waals surface area contributed by atoms with Crippen molar-refractivity contribution in [3.05, 3.63) is 23.8 Å². The number of hydrogen-bond acceptors (Lipinski definition) is 4. The van der Waals surface area contributed by atoms with Gasteiger partial charge in [-0.2, -0.15) is 0 Å². The van der Waals surface area contributed by atoms with E-state index in [1.807, 2.05) is 13.0 Å². The minimum atomic E-state index is -3.53. The first kappa shape index (κ1) is 15.3. The second-order valence-corrected chi connectivity index (χ2v) is 6.95. The summed E-state index contributed by atoms with van der Waals surface area (Å²) in [6, 6.07) is 5.16. The third-order valence-electron chi connectivity index (χ3n) is 3.57. The van der Waals surface area contributed by atoms with Gasteiger partial charge in [0.15, 0.2) is 0 Å². The topological polar surface area (TPSA) is 67.4 Å². The number of piperidine rings is 1. The molecule has 2 N–H and O–H groups in total. The molecular formula is C14H22N2O3S. The van der Waals surface area contributed by atoms with E-state index in [0.717, 1.165) is 31.5 Å². The van der Waals surface area contributed by atoms with Gasteiger partial charge < -0.3 is 10.1 Å². The van der Waals surface area contributed by atoms with Gasteiger partial charge in [0.1, 0.15) is 10.6 Å². The van der Waals surface area contributed by atoms with Crippen molar-refractivity contribution >= 4 is 10.0 Å². The third-order valence-corrected chi connectivity index (χ3v) is 5.01. The number of nitrogens with one attached hydrogen (secondary N) is 2. The van der Waals surface area contributed by atoms with Crippen LogP contribution in [0, 0.1) is 12.8 Å². The molecule has 2 rings (SSSR count). The molecule has 0 aromatic heterocycles. The molecule has 0 radical (unpaired) electrons. The Bertz CT molecular complexity index is 552. The van der Waals surface area contributed by atoms with E-state index in [4.69, 9.17) is 4.74 Å². The van der Waals surface area contributed by atoms with Crippen LogP contribution >= 0.6 is 0 Å². The lowest BCUT2D eigenvalue weighted by Crippen LogP contribution is -2.38. The van der Waals surface area contributed by atoms with Crippen molar-refractivity contribution in [2.75, 3.05) is 26.7 Å². The molecule has 0 unspecified atom stereocenters. The highest BCUT2D eigenvalue weighted by molar-refractivity contribution is 7.89. The van der Waals surface area contributed by atoms with Gasteiger partial charge in [-0.25, -0.2) is 13.1 Å². The Hall–Kier alpha value is -1.11. The first-order valence-electron chi connectivity index (χ1n) is 6.88. The normalized spacial score (nSPS) is 19.8. The molecule has 0 aliphatic carbocycles. The van der Waals surface area contributed by atoms with Crippen molar-refractivity contribution in [1.29, 1.82) is 0 Å². The van der Waals surface area contributed by atoms with Crippen molar-refractivity contribution < 1.29 is 13.2 Å². The van der Waals surface area contributed by atoms with Crippen LogP contribution < -0.4 is 14.8 Å². The zero-order valence-corrected chi connectivity index (χ0v) is 12.8. The van der Waals surface area contributed by atoms with Gasteiger partial charge in [0.25, 0.3) is 0 Å². The smallest absolute Gasteiger partial charge is 0.244 e. The molecule has 0 saturated carbocycles. The van der Waals surface area contributed by atoms with Crippen LogP contribution in [-0.2, 0) is 10.0 Å². The predicted octanol–water partition coefficient (Wildman–Crippen LogP) is 1.28. The fourth-order valence-corrected chi connectivity index (χ4v) is 3.77. The monoisotopic (exact) mass is 298 g/mol. The van der Waals surface area contributed by atoms with Crippen LogP contribution in [0.1, 0.15) is 18.4 Å². The summed E-state index contributed by atoms with van der Waals surface area (Å²) in [5, 5.41) is 3.28. The fraction of sp³-hybridized carbons (Fsp3) is 0.571. The molecule has 0 amide bonds. The Balaban J connectivity index is 2.11. The Labute approximate surface area is 120 Å². The summed E-state index contributed by atoms with van der Waals surface area (Å²) in [6.07, 6.45) is 2.15. The Kier molecular flexibility index (Phi) is 5.01. The lowest BCUT2D eigenvalue weighted by molar-refractivity contribution is 0.374. The second kappa shape index (κ2) is 6.56. The second-order valence-electron chi connectivity index (χ2n) is 5.22. The number of methoxy groups -OCH3 is 1.